The fourth-order valence-electron chi connectivity index (χ4n) is 3.96. The van der Waals surface area contributed by atoms with Crippen LogP contribution in [0.2, 0.25) is 0 Å². The van der Waals surface area contributed by atoms with Crippen LogP contribution in [0, 0.1) is 5.92 Å². The Balaban J connectivity index is 1.66. The SMILES string of the molecule is CN/C=C\C(N)=NC(=O)/C(=C/[C@H]1CC[C@@H](O)C1)c1ccc(SC2CC2)c(C2CC2)c1. The van der Waals surface area contributed by atoms with Crippen molar-refractivity contribution in [1.29, 1.82) is 0 Å². The smallest absolute Gasteiger partial charge is 0.279 e. The van der Waals surface area contributed by atoms with Crippen molar-refractivity contribution in [3.8, 4) is 0 Å². The minimum atomic E-state index is -0.320. The molecule has 3 saturated carbocycles. The summed E-state index contributed by atoms with van der Waals surface area (Å²) in [6.07, 6.45) is 12.4. The predicted molar refractivity (Wildman–Crippen MR) is 123 cm³/mol. The van der Waals surface area contributed by atoms with Gasteiger partial charge in [0.15, 0.2) is 0 Å². The minimum absolute atomic E-state index is 0.176. The highest BCUT2D eigenvalue weighted by Gasteiger charge is 2.31. The molecule has 160 valence electrons. The van der Waals surface area contributed by atoms with E-state index in [9.17, 15) is 9.90 Å². The lowest BCUT2D eigenvalue weighted by Gasteiger charge is -2.13. The molecule has 5 nitrogen and oxygen atoms in total. The summed E-state index contributed by atoms with van der Waals surface area (Å²) in [6.45, 7) is 0. The Hall–Kier alpha value is -2.05. The number of hydrogen-bond acceptors (Lipinski definition) is 4. The van der Waals surface area contributed by atoms with Crippen LogP contribution >= 0.6 is 11.8 Å². The molecule has 0 saturated heterocycles. The lowest BCUT2D eigenvalue weighted by Crippen LogP contribution is -2.13. The topological polar surface area (TPSA) is 87.7 Å². The van der Waals surface area contributed by atoms with Crippen LogP contribution in [0.3, 0.4) is 0 Å². The van der Waals surface area contributed by atoms with Crippen molar-refractivity contribution in [2.24, 2.45) is 16.6 Å². The summed E-state index contributed by atoms with van der Waals surface area (Å²) in [5, 5.41) is 13.5. The molecule has 0 heterocycles. The number of aliphatic hydroxyl groups excluding tert-OH is 1. The molecule has 1 aromatic carbocycles. The van der Waals surface area contributed by atoms with Gasteiger partial charge < -0.3 is 16.2 Å². The fourth-order valence-corrected chi connectivity index (χ4v) is 5.19. The van der Waals surface area contributed by atoms with Crippen molar-refractivity contribution in [2.45, 2.75) is 67.1 Å². The van der Waals surface area contributed by atoms with E-state index in [2.05, 4.69) is 28.5 Å². The van der Waals surface area contributed by atoms with Crippen molar-refractivity contribution < 1.29 is 9.90 Å². The van der Waals surface area contributed by atoms with Crippen molar-refractivity contribution in [2.75, 3.05) is 7.05 Å². The first-order valence-corrected chi connectivity index (χ1v) is 11.8. The van der Waals surface area contributed by atoms with E-state index in [1.54, 1.807) is 19.3 Å². The summed E-state index contributed by atoms with van der Waals surface area (Å²) < 4.78 is 0. The zero-order valence-corrected chi connectivity index (χ0v) is 18.3. The van der Waals surface area contributed by atoms with E-state index in [0.29, 0.717) is 17.9 Å². The predicted octanol–water partition coefficient (Wildman–Crippen LogP) is 3.98. The van der Waals surface area contributed by atoms with Crippen LogP contribution in [0.15, 0.2) is 46.4 Å². The molecule has 4 rings (SSSR count). The zero-order chi connectivity index (χ0) is 21.1. The molecule has 1 aromatic rings. The Labute approximate surface area is 182 Å². The number of nitrogens with one attached hydrogen (secondary N) is 1. The Bertz CT molecular complexity index is 884. The molecule has 3 aliphatic rings. The Morgan fingerprint density at radius 1 is 1.23 bits per heavy atom. The van der Waals surface area contributed by atoms with Crippen LogP contribution in [0.4, 0.5) is 0 Å². The van der Waals surface area contributed by atoms with Crippen LogP contribution in [0.1, 0.15) is 62.0 Å². The molecule has 0 unspecified atom stereocenters. The maximum Gasteiger partial charge on any atom is 0.279 e. The van der Waals surface area contributed by atoms with Crippen molar-refractivity contribution >= 4 is 29.1 Å². The highest BCUT2D eigenvalue weighted by Crippen LogP contribution is 2.48. The molecule has 0 bridgehead atoms. The van der Waals surface area contributed by atoms with Crippen LogP contribution in [-0.2, 0) is 4.79 Å². The molecule has 2 atom stereocenters. The molecule has 0 aliphatic heterocycles. The van der Waals surface area contributed by atoms with E-state index in [1.165, 1.54) is 36.1 Å². The highest BCUT2D eigenvalue weighted by molar-refractivity contribution is 8.00. The Kier molecular flexibility index (Phi) is 6.64. The number of aliphatic imine (C=N–C) groups is 1. The third kappa shape index (κ3) is 5.55. The number of amides is 1. The van der Waals surface area contributed by atoms with Crippen LogP contribution in [0.5, 0.6) is 0 Å². The van der Waals surface area contributed by atoms with E-state index >= 15 is 0 Å². The second kappa shape index (κ2) is 9.40. The van der Waals surface area contributed by atoms with Crippen molar-refractivity contribution in [3.05, 3.63) is 47.7 Å². The maximum atomic E-state index is 13.1. The van der Waals surface area contributed by atoms with E-state index in [0.717, 1.165) is 23.7 Å². The van der Waals surface area contributed by atoms with Gasteiger partial charge in [0.05, 0.1) is 6.10 Å². The average molecular weight is 426 g/mol. The van der Waals surface area contributed by atoms with Crippen molar-refractivity contribution in [1.82, 2.24) is 5.32 Å². The minimum Gasteiger partial charge on any atom is -0.394 e. The molecule has 3 aliphatic carbocycles. The van der Waals surface area contributed by atoms with E-state index < -0.39 is 0 Å². The quantitative estimate of drug-likeness (QED) is 0.333. The summed E-state index contributed by atoms with van der Waals surface area (Å²) in [6, 6.07) is 6.44. The molecule has 0 radical (unpaired) electrons. The van der Waals surface area contributed by atoms with Gasteiger partial charge >= 0.3 is 0 Å². The molecular weight excluding hydrogens is 394 g/mol. The largest absolute Gasteiger partial charge is 0.394 e. The van der Waals surface area contributed by atoms with Gasteiger partial charge in [0, 0.05) is 22.8 Å². The number of carbonyl (C=O) groups excluding carboxylic acids is 1. The number of thioether (sulfide) groups is 1. The standard InChI is InChI=1S/C24H31N3O2S/c1-26-11-10-23(25)27-24(29)21(13-15-2-6-18(28)12-15)17-5-9-22(30-19-7-8-19)20(14-17)16-3-4-16/h5,9-11,13-16,18-19,26,28H,2-4,6-8,12H2,1H3,(H2,25,27,29)/b11-10-,21-13+/t15-,18+/m0/s1. The fraction of sp³-hybridized carbons (Fsp3) is 0.500. The van der Waals surface area contributed by atoms with Gasteiger partial charge in [0.2, 0.25) is 0 Å². The second-order valence-electron chi connectivity index (χ2n) is 8.62. The molecule has 1 amide bonds. The molecular formula is C24H31N3O2S. The summed E-state index contributed by atoms with van der Waals surface area (Å²) in [5.41, 5.74) is 8.80. The van der Waals surface area contributed by atoms with Gasteiger partial charge in [-0.05, 0) is 92.3 Å². The maximum absolute atomic E-state index is 13.1. The number of carbonyl (C=O) groups is 1. The van der Waals surface area contributed by atoms with Gasteiger partial charge in [-0.25, -0.2) is 0 Å². The first-order chi connectivity index (χ1) is 14.5. The number of rotatable bonds is 8. The third-order valence-corrected chi connectivity index (χ3v) is 7.32. The van der Waals surface area contributed by atoms with Gasteiger partial charge in [-0.1, -0.05) is 12.1 Å². The van der Waals surface area contributed by atoms with E-state index in [-0.39, 0.29) is 23.8 Å². The third-order valence-electron chi connectivity index (χ3n) is 5.89. The van der Waals surface area contributed by atoms with Gasteiger partial charge in [-0.15, -0.1) is 11.8 Å². The number of hydrogen-bond donors (Lipinski definition) is 3. The average Bonchev–Trinajstić information content (AvgIpc) is 3.65. The molecule has 6 heteroatoms. The zero-order valence-electron chi connectivity index (χ0n) is 17.5. The lowest BCUT2D eigenvalue weighted by molar-refractivity contribution is -0.112. The van der Waals surface area contributed by atoms with Gasteiger partial charge in [0.25, 0.3) is 5.91 Å². The number of nitrogens with zero attached hydrogens (tertiary/aromatic N) is 1. The Morgan fingerprint density at radius 2 is 2.03 bits per heavy atom. The number of allylic oxidation sites excluding steroid dienone is 1. The van der Waals surface area contributed by atoms with E-state index in [1.807, 2.05) is 17.8 Å². The molecule has 3 fully saturated rings. The van der Waals surface area contributed by atoms with Crippen LogP contribution in [0.25, 0.3) is 5.57 Å². The van der Waals surface area contributed by atoms with E-state index in [4.69, 9.17) is 5.73 Å². The van der Waals surface area contributed by atoms with Crippen LogP contribution < -0.4 is 11.1 Å². The molecule has 0 spiro atoms. The summed E-state index contributed by atoms with van der Waals surface area (Å²) in [5.74, 6) is 0.658. The van der Waals surface area contributed by atoms with Crippen LogP contribution in [-0.4, -0.2) is 35.3 Å². The second-order valence-corrected chi connectivity index (χ2v) is 9.96. The number of benzene rings is 1. The van der Waals surface area contributed by atoms with Gasteiger partial charge in [-0.2, -0.15) is 4.99 Å². The lowest BCUT2D eigenvalue weighted by atomic mass is 9.96. The molecule has 0 aromatic heterocycles. The summed E-state index contributed by atoms with van der Waals surface area (Å²) in [4.78, 5) is 18.6. The Morgan fingerprint density at radius 3 is 2.67 bits per heavy atom. The normalized spacial score (nSPS) is 25.1. The van der Waals surface area contributed by atoms with Gasteiger partial charge in [0.1, 0.15) is 5.84 Å². The highest BCUT2D eigenvalue weighted by atomic mass is 32.2. The first kappa shape index (κ1) is 21.2. The number of nitrogens with two attached hydrogens (primary N) is 1. The first-order valence-electron chi connectivity index (χ1n) is 11.0. The number of aliphatic hydroxyl groups is 1. The van der Waals surface area contributed by atoms with Crippen molar-refractivity contribution in [3.63, 3.8) is 0 Å². The summed E-state index contributed by atoms with van der Waals surface area (Å²) >= 11 is 1.99. The monoisotopic (exact) mass is 425 g/mol. The molecule has 4 N–H and O–H groups in total. The summed E-state index contributed by atoms with van der Waals surface area (Å²) in [7, 11) is 1.77. The van der Waals surface area contributed by atoms with Gasteiger partial charge in [-0.3, -0.25) is 4.79 Å². The molecule has 30 heavy (non-hydrogen) atoms. The number of amidine groups is 1.